The van der Waals surface area contributed by atoms with Gasteiger partial charge in [-0.1, -0.05) is 0 Å². The van der Waals surface area contributed by atoms with Gasteiger partial charge in [0.1, 0.15) is 0 Å². The van der Waals surface area contributed by atoms with E-state index in [1.54, 1.807) is 7.11 Å². The second-order valence-corrected chi connectivity index (χ2v) is 4.38. The Hall–Kier alpha value is -0.290. The standard InChI is InChI=1S/C11H20F3NO/c1-16-10-5-3-9(4-6-10)15-8-2-7-11(12,13)14/h9-10,15H,2-8H2,1H3. The summed E-state index contributed by atoms with van der Waals surface area (Å²) in [6, 6.07) is 0.375. The normalized spacial score (nSPS) is 27.0. The zero-order valence-electron chi connectivity index (χ0n) is 9.65. The first kappa shape index (κ1) is 13.8. The highest BCUT2D eigenvalue weighted by molar-refractivity contribution is 4.77. The van der Waals surface area contributed by atoms with Crippen molar-refractivity contribution in [1.82, 2.24) is 5.32 Å². The summed E-state index contributed by atoms with van der Waals surface area (Å²) < 4.78 is 40.9. The van der Waals surface area contributed by atoms with E-state index in [1.807, 2.05) is 0 Å². The highest BCUT2D eigenvalue weighted by Gasteiger charge is 2.26. The number of rotatable bonds is 5. The summed E-state index contributed by atoms with van der Waals surface area (Å²) >= 11 is 0. The fourth-order valence-electron chi connectivity index (χ4n) is 2.10. The minimum Gasteiger partial charge on any atom is -0.381 e. The van der Waals surface area contributed by atoms with Crippen LogP contribution in [0.15, 0.2) is 0 Å². The van der Waals surface area contributed by atoms with Gasteiger partial charge in [-0.2, -0.15) is 13.2 Å². The van der Waals surface area contributed by atoms with Crippen LogP contribution in [0, 0.1) is 0 Å². The molecule has 96 valence electrons. The van der Waals surface area contributed by atoms with Gasteiger partial charge in [-0.15, -0.1) is 0 Å². The Morgan fingerprint density at radius 2 is 1.81 bits per heavy atom. The Balaban J connectivity index is 2.02. The molecule has 0 aromatic rings. The van der Waals surface area contributed by atoms with Crippen molar-refractivity contribution in [3.8, 4) is 0 Å². The van der Waals surface area contributed by atoms with Gasteiger partial charge < -0.3 is 10.1 Å². The predicted octanol–water partition coefficient (Wildman–Crippen LogP) is 2.88. The van der Waals surface area contributed by atoms with Crippen LogP contribution < -0.4 is 5.32 Å². The number of methoxy groups -OCH3 is 1. The van der Waals surface area contributed by atoms with Crippen LogP contribution in [0.1, 0.15) is 38.5 Å². The third-order valence-corrected chi connectivity index (χ3v) is 3.08. The minimum absolute atomic E-state index is 0.174. The maximum Gasteiger partial charge on any atom is 0.389 e. The maximum absolute atomic E-state index is 11.9. The van der Waals surface area contributed by atoms with Crippen molar-refractivity contribution < 1.29 is 17.9 Å². The van der Waals surface area contributed by atoms with Crippen LogP contribution in [-0.4, -0.2) is 32.0 Å². The van der Waals surface area contributed by atoms with Crippen LogP contribution in [0.4, 0.5) is 13.2 Å². The van der Waals surface area contributed by atoms with Crippen LogP contribution in [0.3, 0.4) is 0 Å². The zero-order chi connectivity index (χ0) is 12.0. The lowest BCUT2D eigenvalue weighted by Gasteiger charge is -2.28. The first-order valence-electron chi connectivity index (χ1n) is 5.84. The number of alkyl halides is 3. The van der Waals surface area contributed by atoms with Gasteiger partial charge in [0.25, 0.3) is 0 Å². The third kappa shape index (κ3) is 5.70. The zero-order valence-corrected chi connectivity index (χ0v) is 9.65. The monoisotopic (exact) mass is 239 g/mol. The van der Waals surface area contributed by atoms with Gasteiger partial charge >= 0.3 is 6.18 Å². The Labute approximate surface area is 94.5 Å². The molecule has 1 rings (SSSR count). The molecule has 5 heteroatoms. The fourth-order valence-corrected chi connectivity index (χ4v) is 2.10. The molecular formula is C11H20F3NO. The lowest BCUT2D eigenvalue weighted by molar-refractivity contribution is -0.135. The van der Waals surface area contributed by atoms with Gasteiger partial charge in [0.2, 0.25) is 0 Å². The lowest BCUT2D eigenvalue weighted by Crippen LogP contribution is -2.35. The molecule has 0 saturated heterocycles. The molecular weight excluding hydrogens is 219 g/mol. The first-order valence-corrected chi connectivity index (χ1v) is 5.84. The summed E-state index contributed by atoms with van der Waals surface area (Å²) in [7, 11) is 1.71. The molecule has 2 nitrogen and oxygen atoms in total. The van der Waals surface area contributed by atoms with E-state index in [0.29, 0.717) is 18.7 Å². The summed E-state index contributed by atoms with van der Waals surface area (Å²) in [5.41, 5.74) is 0. The fraction of sp³-hybridized carbons (Fsp3) is 1.00. The van der Waals surface area contributed by atoms with Gasteiger partial charge in [0, 0.05) is 19.6 Å². The SMILES string of the molecule is COC1CCC(NCCCC(F)(F)F)CC1. The molecule has 0 amide bonds. The van der Waals surface area contributed by atoms with E-state index in [9.17, 15) is 13.2 Å². The summed E-state index contributed by atoms with van der Waals surface area (Å²) in [5.74, 6) is 0. The Bertz CT molecular complexity index is 188. The highest BCUT2D eigenvalue weighted by Crippen LogP contribution is 2.22. The molecule has 0 bridgehead atoms. The molecule has 1 aliphatic carbocycles. The van der Waals surface area contributed by atoms with Crippen LogP contribution >= 0.6 is 0 Å². The van der Waals surface area contributed by atoms with Crippen LogP contribution in [0.2, 0.25) is 0 Å². The third-order valence-electron chi connectivity index (χ3n) is 3.08. The second-order valence-electron chi connectivity index (χ2n) is 4.38. The largest absolute Gasteiger partial charge is 0.389 e. The minimum atomic E-state index is -4.02. The summed E-state index contributed by atoms with van der Waals surface area (Å²) in [6.45, 7) is 0.460. The molecule has 0 aromatic heterocycles. The smallest absolute Gasteiger partial charge is 0.381 e. The number of halogens is 3. The lowest BCUT2D eigenvalue weighted by atomic mass is 9.93. The average Bonchev–Trinajstić information content (AvgIpc) is 2.24. The molecule has 0 unspecified atom stereocenters. The maximum atomic E-state index is 11.9. The topological polar surface area (TPSA) is 21.3 Å². The number of ether oxygens (including phenoxy) is 1. The van der Waals surface area contributed by atoms with Crippen LogP contribution in [-0.2, 0) is 4.74 Å². The molecule has 0 heterocycles. The molecule has 0 aliphatic heterocycles. The Morgan fingerprint density at radius 1 is 1.19 bits per heavy atom. The Morgan fingerprint density at radius 3 is 2.31 bits per heavy atom. The van der Waals surface area contributed by atoms with Gasteiger partial charge in [-0.05, 0) is 38.6 Å². The van der Waals surface area contributed by atoms with Crippen molar-refractivity contribution >= 4 is 0 Å². The van der Waals surface area contributed by atoms with E-state index in [0.717, 1.165) is 25.7 Å². The van der Waals surface area contributed by atoms with Crippen molar-refractivity contribution in [2.45, 2.75) is 56.8 Å². The second kappa shape index (κ2) is 6.45. The van der Waals surface area contributed by atoms with Crippen LogP contribution in [0.5, 0.6) is 0 Å². The molecule has 1 fully saturated rings. The van der Waals surface area contributed by atoms with Crippen molar-refractivity contribution in [2.75, 3.05) is 13.7 Å². The molecule has 1 saturated carbocycles. The van der Waals surface area contributed by atoms with Crippen molar-refractivity contribution in [2.24, 2.45) is 0 Å². The summed E-state index contributed by atoms with van der Waals surface area (Å²) in [5, 5.41) is 3.18. The van der Waals surface area contributed by atoms with Crippen molar-refractivity contribution in [3.63, 3.8) is 0 Å². The van der Waals surface area contributed by atoms with Gasteiger partial charge in [0.15, 0.2) is 0 Å². The van der Waals surface area contributed by atoms with E-state index < -0.39 is 12.6 Å². The van der Waals surface area contributed by atoms with Gasteiger partial charge in [0.05, 0.1) is 6.10 Å². The molecule has 0 aromatic carbocycles. The van der Waals surface area contributed by atoms with E-state index >= 15 is 0 Å². The van der Waals surface area contributed by atoms with E-state index in [-0.39, 0.29) is 6.42 Å². The number of nitrogens with one attached hydrogen (secondary N) is 1. The van der Waals surface area contributed by atoms with Crippen LogP contribution in [0.25, 0.3) is 0 Å². The van der Waals surface area contributed by atoms with E-state index in [4.69, 9.17) is 4.74 Å². The molecule has 16 heavy (non-hydrogen) atoms. The first-order chi connectivity index (χ1) is 7.51. The highest BCUT2D eigenvalue weighted by atomic mass is 19.4. The summed E-state index contributed by atoms with van der Waals surface area (Å²) in [6.07, 6.45) is -0.167. The molecule has 0 radical (unpaired) electrons. The quantitative estimate of drug-likeness (QED) is 0.745. The molecule has 0 atom stereocenters. The number of hydrogen-bond donors (Lipinski definition) is 1. The van der Waals surface area contributed by atoms with Gasteiger partial charge in [-0.3, -0.25) is 0 Å². The molecule has 1 aliphatic rings. The van der Waals surface area contributed by atoms with Crippen molar-refractivity contribution in [1.29, 1.82) is 0 Å². The molecule has 0 spiro atoms. The predicted molar refractivity (Wildman–Crippen MR) is 56.3 cm³/mol. The Kier molecular flexibility index (Phi) is 5.55. The number of hydrogen-bond acceptors (Lipinski definition) is 2. The summed E-state index contributed by atoms with van der Waals surface area (Å²) in [4.78, 5) is 0. The van der Waals surface area contributed by atoms with Crippen molar-refractivity contribution in [3.05, 3.63) is 0 Å². The molecule has 1 N–H and O–H groups in total. The van der Waals surface area contributed by atoms with Gasteiger partial charge in [-0.25, -0.2) is 0 Å². The van der Waals surface area contributed by atoms with E-state index in [1.165, 1.54) is 0 Å². The van der Waals surface area contributed by atoms with E-state index in [2.05, 4.69) is 5.32 Å². The average molecular weight is 239 g/mol.